The second kappa shape index (κ2) is 39.7. The van der Waals surface area contributed by atoms with E-state index in [2.05, 4.69) is 454 Å². The van der Waals surface area contributed by atoms with Crippen LogP contribution in [-0.4, -0.2) is 51.6 Å². The van der Waals surface area contributed by atoms with Gasteiger partial charge in [-0.1, -0.05) is 269 Å². The number of para-hydroxylation sites is 8. The van der Waals surface area contributed by atoms with Crippen LogP contribution in [0.3, 0.4) is 0 Å². The highest BCUT2D eigenvalue weighted by atomic mass is 127. The SMILES string of the molecule is Brc1ccccc1C#Cc1ccc2c(c1)c1ccccc1n2-c1ccccc1.Brc1ccccc1I.C#C[Si](C)(C)C.C#Cc1ccc2c(c1)c1ccccc1n2-c1ccccc1.C[Si](C)(C)C#Cc1ccc2c(c1)c1ccccc1n2-c1ccccc1.Ic1ccc2c(c1)c1ccccc1n2-c1ccccc1.OB(O)c1cccc2c1sc1ccccc12. The van der Waals surface area contributed by atoms with Crippen molar-refractivity contribution in [3.63, 3.8) is 0 Å². The molecule has 0 saturated carbocycles. The quantitative estimate of drug-likeness (QED) is 0.102. The van der Waals surface area contributed by atoms with E-state index in [0.29, 0.717) is 5.46 Å². The van der Waals surface area contributed by atoms with Gasteiger partial charge in [0.05, 0.1) is 44.1 Å². The average molecular weight is 2010 g/mol. The van der Waals surface area contributed by atoms with Crippen molar-refractivity contribution in [2.75, 3.05) is 0 Å². The number of fused-ring (bicyclic) bond motifs is 15. The topological polar surface area (TPSA) is 60.2 Å². The molecule has 124 heavy (non-hydrogen) atoms. The van der Waals surface area contributed by atoms with Crippen LogP contribution in [0.15, 0.2) is 391 Å². The summed E-state index contributed by atoms with van der Waals surface area (Å²) in [7, 11) is -3.88. The van der Waals surface area contributed by atoms with Gasteiger partial charge >= 0.3 is 7.12 Å². The fraction of sp³-hybridized carbons (Fsp3) is 0.0545. The largest absolute Gasteiger partial charge is 0.489 e. The maximum atomic E-state index is 9.31. The average Bonchev–Trinajstić information content (AvgIpc) is 1.57. The van der Waals surface area contributed by atoms with Gasteiger partial charge in [0.25, 0.3) is 0 Å². The molecule has 0 aliphatic heterocycles. The van der Waals surface area contributed by atoms with Crippen LogP contribution in [-0.2, 0) is 0 Å². The first-order valence-corrected chi connectivity index (χ1v) is 52.2. The molecule has 14 heteroatoms. The number of rotatable bonds is 5. The fourth-order valence-electron chi connectivity index (χ4n) is 14.9. The Bertz CT molecular complexity index is 7640. The summed E-state index contributed by atoms with van der Waals surface area (Å²) in [6.07, 6.45) is 10.7. The van der Waals surface area contributed by atoms with Gasteiger partial charge in [0.2, 0.25) is 0 Å². The number of aromatic nitrogens is 4. The standard InChI is InChI=1S/C26H16BrN.C23H21NSi.C20H13N.C18H12IN.C12H9BO2S.C6H4BrI.C5H10Si/c27-24-12-6-4-8-20(24)16-14-19-15-17-26-23(18-19)22-11-5-7-13-25(22)28(26)21-9-2-1-3-10-21;1-25(2,3)16-15-18-13-14-23-21(17-18)20-11-7-8-12-22(20)24(23)19-9-5-4-6-10-19;1-2-15-12-13-20-18(14-15)17-10-6-7-11-19(17)21(20)16-8-4-3-5-9-16;19-13-10-11-18-16(12-13)15-8-4-5-9-17(15)20(18)14-6-2-1-3-7-14;14-13(15)10-6-3-5-9-8-4-1-2-7-11(8)16-12(9)10;7-5-3-1-2-4-6(5)8;1-5-6(2,3)4/h1-13,15,17-18H;4-14,17H,1-3H3;1,3-14H;1-12H;1-7,14-15H;1-4H;1H,2-4H3. The molecule has 0 atom stereocenters. The molecule has 0 saturated heterocycles. The van der Waals surface area contributed by atoms with Crippen molar-refractivity contribution in [1.29, 1.82) is 0 Å². The van der Waals surface area contributed by atoms with Gasteiger partial charge in [0.15, 0.2) is 0 Å². The summed E-state index contributed by atoms with van der Waals surface area (Å²) in [6, 6.07) is 132. The van der Waals surface area contributed by atoms with Crippen LogP contribution in [0.2, 0.25) is 39.3 Å². The zero-order chi connectivity index (χ0) is 86.4. The monoisotopic (exact) mass is 2000 g/mol. The number of benzene rings is 16. The molecular formula is C110H85BBr2I2N4O2SSi2. The normalized spacial score (nSPS) is 10.9. The molecule has 2 N–H and O–H groups in total. The lowest BCUT2D eigenvalue weighted by Gasteiger charge is -2.07. The van der Waals surface area contributed by atoms with E-state index in [-0.39, 0.29) is 0 Å². The minimum Gasteiger partial charge on any atom is -0.423 e. The van der Waals surface area contributed by atoms with E-state index in [0.717, 1.165) is 42.5 Å². The van der Waals surface area contributed by atoms with Crippen molar-refractivity contribution in [2.45, 2.75) is 39.3 Å². The van der Waals surface area contributed by atoms with Crippen molar-refractivity contribution in [3.05, 3.63) is 421 Å². The third-order valence-corrected chi connectivity index (χ3v) is 27.4. The molecule has 16 aromatic carbocycles. The highest BCUT2D eigenvalue weighted by molar-refractivity contribution is 14.1. The molecule has 0 spiro atoms. The van der Waals surface area contributed by atoms with E-state index in [9.17, 15) is 10.0 Å². The molecule has 5 heterocycles. The number of thiophene rings is 1. The molecule has 5 aromatic heterocycles. The van der Waals surface area contributed by atoms with Crippen LogP contribution in [0, 0.1) is 54.8 Å². The molecule has 21 aromatic rings. The summed E-state index contributed by atoms with van der Waals surface area (Å²) in [5, 5.41) is 30.9. The molecule has 6 nitrogen and oxygen atoms in total. The van der Waals surface area contributed by atoms with Crippen LogP contribution in [0.1, 0.15) is 22.3 Å². The zero-order valence-electron chi connectivity index (χ0n) is 69.2. The first kappa shape index (κ1) is 86.9. The minimum absolute atomic E-state index is 0.582. The van der Waals surface area contributed by atoms with Crippen molar-refractivity contribution in [3.8, 4) is 70.4 Å². The second-order valence-electron chi connectivity index (χ2n) is 31.5. The molecule has 0 aliphatic rings. The molecule has 0 radical (unpaired) electrons. The number of halogens is 4. The van der Waals surface area contributed by atoms with E-state index in [1.165, 1.54) is 126 Å². The Kier molecular flexibility index (Phi) is 27.8. The molecule has 0 bridgehead atoms. The second-order valence-corrected chi connectivity index (χ2v) is 46.2. The summed E-state index contributed by atoms with van der Waals surface area (Å²) in [5.74, 6) is 12.7. The maximum absolute atomic E-state index is 9.31. The summed E-state index contributed by atoms with van der Waals surface area (Å²) in [5.41, 5.74) is 25.3. The smallest absolute Gasteiger partial charge is 0.423 e. The lowest BCUT2D eigenvalue weighted by Crippen LogP contribution is -2.29. The Morgan fingerprint density at radius 1 is 0.315 bits per heavy atom. The summed E-state index contributed by atoms with van der Waals surface area (Å²) < 4.78 is 16.1. The van der Waals surface area contributed by atoms with Crippen molar-refractivity contribution in [2.24, 2.45) is 0 Å². The Balaban J connectivity index is 0.000000116. The van der Waals surface area contributed by atoms with Crippen LogP contribution >= 0.6 is 88.4 Å². The van der Waals surface area contributed by atoms with E-state index < -0.39 is 23.3 Å². The highest BCUT2D eigenvalue weighted by Crippen LogP contribution is 2.39. The lowest BCUT2D eigenvalue weighted by atomic mass is 9.80. The number of nitrogens with zero attached hydrogens (tertiary/aromatic N) is 4. The number of hydrogen-bond donors (Lipinski definition) is 2. The molecule has 0 unspecified atom stereocenters. The third kappa shape index (κ3) is 20.1. The van der Waals surface area contributed by atoms with Crippen molar-refractivity contribution < 1.29 is 10.0 Å². The van der Waals surface area contributed by atoms with Gasteiger partial charge in [-0.3, -0.25) is 0 Å². The first-order chi connectivity index (χ1) is 60.2. The van der Waals surface area contributed by atoms with Crippen LogP contribution < -0.4 is 5.46 Å². The zero-order valence-corrected chi connectivity index (χ0v) is 79.5. The maximum Gasteiger partial charge on any atom is 0.489 e. The van der Waals surface area contributed by atoms with Gasteiger partial charge in [-0.25, -0.2) is 0 Å². The van der Waals surface area contributed by atoms with E-state index in [1.807, 2.05) is 91.0 Å². The summed E-state index contributed by atoms with van der Waals surface area (Å²) in [4.78, 5) is 0. The molecule has 0 fully saturated rings. The highest BCUT2D eigenvalue weighted by Gasteiger charge is 2.20. The van der Waals surface area contributed by atoms with E-state index in [4.69, 9.17) is 12.8 Å². The molecule has 21 rings (SSSR count). The molecule has 0 aliphatic carbocycles. The Hall–Kier alpha value is -12.0. The van der Waals surface area contributed by atoms with Gasteiger partial charge in [-0.05, 0) is 264 Å². The van der Waals surface area contributed by atoms with Gasteiger partial charge in [-0.15, -0.1) is 35.3 Å². The van der Waals surface area contributed by atoms with Crippen LogP contribution in [0.25, 0.3) is 130 Å². The predicted molar refractivity (Wildman–Crippen MR) is 562 cm³/mol. The predicted octanol–water partition coefficient (Wildman–Crippen LogP) is 29.4. The molecule has 0 amide bonds. The summed E-state index contributed by atoms with van der Waals surface area (Å²) >= 11 is 13.2. The van der Waals surface area contributed by atoms with Gasteiger partial charge in [0.1, 0.15) is 16.1 Å². The third-order valence-electron chi connectivity index (χ3n) is 20.6. The van der Waals surface area contributed by atoms with Gasteiger partial charge in [0, 0.05) is 119 Å². The van der Waals surface area contributed by atoms with Crippen molar-refractivity contribution in [1.82, 2.24) is 18.3 Å². The van der Waals surface area contributed by atoms with Crippen molar-refractivity contribution >= 4 is 225 Å². The Labute approximate surface area is 775 Å². The Morgan fingerprint density at radius 3 is 1.05 bits per heavy atom. The van der Waals surface area contributed by atoms with Crippen LogP contribution in [0.5, 0.6) is 0 Å². The van der Waals surface area contributed by atoms with Gasteiger partial charge in [-0.2, -0.15) is 0 Å². The fourth-order valence-corrected chi connectivity index (χ4v) is 18.2. The number of terminal acetylenes is 2. The first-order valence-electron chi connectivity index (χ1n) is 40.6. The summed E-state index contributed by atoms with van der Waals surface area (Å²) in [6.45, 7) is 13.3. The van der Waals surface area contributed by atoms with Crippen LogP contribution in [0.4, 0.5) is 0 Å². The van der Waals surface area contributed by atoms with Gasteiger partial charge < -0.3 is 28.3 Å². The number of hydrogen-bond acceptors (Lipinski definition) is 3. The minimum atomic E-state index is -1.41. The molecular weight excluding hydrogens is 1920 g/mol. The lowest BCUT2D eigenvalue weighted by molar-refractivity contribution is 0.426. The van der Waals surface area contributed by atoms with E-state index in [1.54, 1.807) is 17.4 Å². The molecule has 602 valence electrons. The Morgan fingerprint density at radius 2 is 0.653 bits per heavy atom. The van der Waals surface area contributed by atoms with E-state index >= 15 is 0 Å².